The van der Waals surface area contributed by atoms with Gasteiger partial charge in [-0.2, -0.15) is 5.26 Å². The minimum absolute atomic E-state index is 0.0519. The lowest BCUT2D eigenvalue weighted by molar-refractivity contribution is -0.139. The zero-order valence-electron chi connectivity index (χ0n) is 7.95. The fourth-order valence-corrected chi connectivity index (χ4v) is 1.54. The number of aromatic hydroxyl groups is 1. The fraction of sp³-hybridized carbons (Fsp3) is 0.200. The summed E-state index contributed by atoms with van der Waals surface area (Å²) in [6, 6.07) is 4.67. The number of hydrogen-bond donors (Lipinski definition) is 1. The largest absolute Gasteiger partial charge is 0.507 e. The summed E-state index contributed by atoms with van der Waals surface area (Å²) in [6.45, 7) is 0. The van der Waals surface area contributed by atoms with E-state index in [-0.39, 0.29) is 17.7 Å². The number of nitriles is 1. The Balaban J connectivity index is 3.06. The van der Waals surface area contributed by atoms with Crippen LogP contribution in [-0.2, 0) is 16.0 Å². The predicted octanol–water partition coefficient (Wildman–Crippen LogP) is 1.74. The molecule has 0 fully saturated rings. The summed E-state index contributed by atoms with van der Waals surface area (Å²) in [7, 11) is 1.29. The van der Waals surface area contributed by atoms with Crippen LogP contribution >= 0.6 is 15.9 Å². The fourth-order valence-electron chi connectivity index (χ4n) is 1.06. The Morgan fingerprint density at radius 1 is 1.67 bits per heavy atom. The highest BCUT2D eigenvalue weighted by molar-refractivity contribution is 9.10. The van der Waals surface area contributed by atoms with Gasteiger partial charge in [-0.1, -0.05) is 15.9 Å². The number of hydrogen-bond acceptors (Lipinski definition) is 4. The first-order chi connectivity index (χ1) is 7.08. The van der Waals surface area contributed by atoms with Gasteiger partial charge in [-0.05, 0) is 17.7 Å². The van der Waals surface area contributed by atoms with Gasteiger partial charge in [0.1, 0.15) is 11.8 Å². The predicted molar refractivity (Wildman–Crippen MR) is 56.2 cm³/mol. The van der Waals surface area contributed by atoms with Gasteiger partial charge in [0, 0.05) is 4.47 Å². The molecule has 0 saturated carbocycles. The van der Waals surface area contributed by atoms with Crippen LogP contribution < -0.4 is 0 Å². The Labute approximate surface area is 95.2 Å². The molecule has 0 aromatic heterocycles. The number of nitrogens with zero attached hydrogens (tertiary/aromatic N) is 1. The van der Waals surface area contributed by atoms with Crippen molar-refractivity contribution in [3.63, 3.8) is 0 Å². The first-order valence-corrected chi connectivity index (χ1v) is 4.86. The second-order valence-electron chi connectivity index (χ2n) is 2.83. The molecule has 1 aromatic carbocycles. The molecule has 0 radical (unpaired) electrons. The molecule has 0 spiro atoms. The second-order valence-corrected chi connectivity index (χ2v) is 3.68. The molecule has 1 aromatic rings. The third-order valence-electron chi connectivity index (χ3n) is 1.85. The number of carbonyl (C=O) groups is 1. The van der Waals surface area contributed by atoms with Crippen molar-refractivity contribution in [2.45, 2.75) is 6.42 Å². The molecule has 0 bridgehead atoms. The summed E-state index contributed by atoms with van der Waals surface area (Å²) in [6.07, 6.45) is 0.0519. The van der Waals surface area contributed by atoms with Crippen molar-refractivity contribution >= 4 is 21.9 Å². The zero-order chi connectivity index (χ0) is 11.4. The summed E-state index contributed by atoms with van der Waals surface area (Å²) in [5.74, 6) is -0.542. The van der Waals surface area contributed by atoms with Crippen molar-refractivity contribution in [1.29, 1.82) is 5.26 Å². The summed E-state index contributed by atoms with van der Waals surface area (Å²) in [5, 5.41) is 18.0. The average Bonchev–Trinajstić information content (AvgIpc) is 2.22. The minimum Gasteiger partial charge on any atom is -0.507 e. The van der Waals surface area contributed by atoms with Crippen molar-refractivity contribution in [2.75, 3.05) is 7.11 Å². The zero-order valence-corrected chi connectivity index (χ0v) is 9.54. The third-order valence-corrected chi connectivity index (χ3v) is 2.59. The highest BCUT2D eigenvalue weighted by Crippen LogP contribution is 2.26. The van der Waals surface area contributed by atoms with E-state index in [0.29, 0.717) is 10.0 Å². The van der Waals surface area contributed by atoms with Crippen molar-refractivity contribution in [1.82, 2.24) is 0 Å². The molecule has 1 N–H and O–H groups in total. The van der Waals surface area contributed by atoms with E-state index < -0.39 is 5.97 Å². The number of carbonyl (C=O) groups excluding carboxylic acids is 1. The summed E-state index contributed by atoms with van der Waals surface area (Å²) >= 11 is 3.21. The van der Waals surface area contributed by atoms with Crippen LogP contribution in [0.5, 0.6) is 5.75 Å². The maximum atomic E-state index is 11.0. The van der Waals surface area contributed by atoms with Crippen molar-refractivity contribution in [2.24, 2.45) is 0 Å². The number of ether oxygens (including phenoxy) is 1. The van der Waals surface area contributed by atoms with E-state index in [9.17, 15) is 9.90 Å². The van der Waals surface area contributed by atoms with Crippen LogP contribution in [0.3, 0.4) is 0 Å². The number of benzene rings is 1. The molecule has 0 saturated heterocycles. The van der Waals surface area contributed by atoms with Crippen LogP contribution in [0.15, 0.2) is 16.6 Å². The lowest BCUT2D eigenvalue weighted by atomic mass is 10.1. The SMILES string of the molecule is COC(=O)Cc1cc(O)c(C#N)cc1Br. The lowest BCUT2D eigenvalue weighted by Gasteiger charge is -2.05. The molecule has 0 atom stereocenters. The third kappa shape index (κ3) is 2.70. The summed E-state index contributed by atoms with van der Waals surface area (Å²) < 4.78 is 5.10. The van der Waals surface area contributed by atoms with Crippen LogP contribution in [-0.4, -0.2) is 18.2 Å². The number of halogens is 1. The Hall–Kier alpha value is -1.54. The molecule has 5 heteroatoms. The molecule has 4 nitrogen and oxygen atoms in total. The minimum atomic E-state index is -0.403. The second kappa shape index (κ2) is 4.80. The smallest absolute Gasteiger partial charge is 0.310 e. The van der Waals surface area contributed by atoms with E-state index in [0.717, 1.165) is 0 Å². The van der Waals surface area contributed by atoms with Crippen LogP contribution in [0.2, 0.25) is 0 Å². The number of phenolic OH excluding ortho intramolecular Hbond substituents is 1. The van der Waals surface area contributed by atoms with Crippen molar-refractivity contribution < 1.29 is 14.6 Å². The van der Waals surface area contributed by atoms with E-state index in [1.807, 2.05) is 6.07 Å². The van der Waals surface area contributed by atoms with Gasteiger partial charge in [0.05, 0.1) is 19.1 Å². The Morgan fingerprint density at radius 2 is 2.33 bits per heavy atom. The van der Waals surface area contributed by atoms with Crippen molar-refractivity contribution in [3.8, 4) is 11.8 Å². The molecule has 0 amide bonds. The molecule has 0 aliphatic rings. The highest BCUT2D eigenvalue weighted by atomic mass is 79.9. The molecule has 0 aliphatic heterocycles. The Bertz CT molecular complexity index is 437. The molecular formula is C10H8BrNO3. The highest BCUT2D eigenvalue weighted by Gasteiger charge is 2.10. The normalized spacial score (nSPS) is 9.40. The summed E-state index contributed by atoms with van der Waals surface area (Å²) in [5.41, 5.74) is 0.744. The molecular weight excluding hydrogens is 262 g/mol. The quantitative estimate of drug-likeness (QED) is 0.831. The lowest BCUT2D eigenvalue weighted by Crippen LogP contribution is -2.05. The van der Waals surface area contributed by atoms with E-state index >= 15 is 0 Å². The van der Waals surface area contributed by atoms with Gasteiger partial charge < -0.3 is 9.84 Å². The van der Waals surface area contributed by atoms with Gasteiger partial charge in [0.25, 0.3) is 0 Å². The van der Waals surface area contributed by atoms with Gasteiger partial charge >= 0.3 is 5.97 Å². The average molecular weight is 270 g/mol. The van der Waals surface area contributed by atoms with Gasteiger partial charge in [-0.3, -0.25) is 4.79 Å². The van der Waals surface area contributed by atoms with Crippen LogP contribution in [0.1, 0.15) is 11.1 Å². The topological polar surface area (TPSA) is 70.3 Å². The molecule has 1 rings (SSSR count). The Morgan fingerprint density at radius 3 is 2.87 bits per heavy atom. The Kier molecular flexibility index (Phi) is 3.69. The standard InChI is InChI=1S/C10H8BrNO3/c1-15-10(14)4-6-3-9(13)7(5-12)2-8(6)11/h2-3,13H,4H2,1H3. The van der Waals surface area contributed by atoms with Crippen molar-refractivity contribution in [3.05, 3.63) is 27.7 Å². The molecule has 78 valence electrons. The molecule has 0 heterocycles. The van der Waals surface area contributed by atoms with Crippen LogP contribution in [0, 0.1) is 11.3 Å². The molecule has 0 unspecified atom stereocenters. The van der Waals surface area contributed by atoms with Gasteiger partial charge in [0.2, 0.25) is 0 Å². The van der Waals surface area contributed by atoms with E-state index in [4.69, 9.17) is 5.26 Å². The van der Waals surface area contributed by atoms with E-state index in [1.54, 1.807) is 0 Å². The number of esters is 1. The van der Waals surface area contributed by atoms with E-state index in [1.165, 1.54) is 19.2 Å². The van der Waals surface area contributed by atoms with Gasteiger partial charge in [-0.15, -0.1) is 0 Å². The summed E-state index contributed by atoms with van der Waals surface area (Å²) in [4.78, 5) is 11.0. The van der Waals surface area contributed by atoms with E-state index in [2.05, 4.69) is 20.7 Å². The maximum absolute atomic E-state index is 11.0. The molecule has 0 aliphatic carbocycles. The number of rotatable bonds is 2. The number of methoxy groups -OCH3 is 1. The van der Waals surface area contributed by atoms with Crippen LogP contribution in [0.25, 0.3) is 0 Å². The molecule has 15 heavy (non-hydrogen) atoms. The van der Waals surface area contributed by atoms with Gasteiger partial charge in [-0.25, -0.2) is 0 Å². The first-order valence-electron chi connectivity index (χ1n) is 4.06. The monoisotopic (exact) mass is 269 g/mol. The number of phenols is 1. The van der Waals surface area contributed by atoms with Gasteiger partial charge in [0.15, 0.2) is 0 Å². The van der Waals surface area contributed by atoms with Crippen LogP contribution in [0.4, 0.5) is 0 Å². The maximum Gasteiger partial charge on any atom is 0.310 e. The first kappa shape index (κ1) is 11.5.